The summed E-state index contributed by atoms with van der Waals surface area (Å²) in [5.41, 5.74) is 1.92. The average Bonchev–Trinajstić information content (AvgIpc) is 3.01. The number of anilines is 1. The number of nitrogens with zero attached hydrogens (tertiary/aromatic N) is 2. The highest BCUT2D eigenvalue weighted by atomic mass is 32.2. The zero-order chi connectivity index (χ0) is 19.4. The van der Waals surface area contributed by atoms with E-state index < -0.39 is 18.5 Å². The summed E-state index contributed by atoms with van der Waals surface area (Å²) < 4.78 is 5.11. The van der Waals surface area contributed by atoms with E-state index in [1.54, 1.807) is 18.3 Å². The van der Waals surface area contributed by atoms with Crippen molar-refractivity contribution in [2.45, 2.75) is 31.2 Å². The number of nitrogens with one attached hydrogen (secondary N) is 1. The van der Waals surface area contributed by atoms with Crippen LogP contribution in [0.15, 0.2) is 23.4 Å². The zero-order valence-electron chi connectivity index (χ0n) is 15.1. The minimum atomic E-state index is -0.595. The molecule has 6 nitrogen and oxygen atoms in total. The molecule has 0 unspecified atom stereocenters. The number of carbonyl (C=O) groups is 2. The van der Waals surface area contributed by atoms with Gasteiger partial charge in [0.25, 0.3) is 5.91 Å². The van der Waals surface area contributed by atoms with E-state index in [0.717, 1.165) is 29.7 Å². The Morgan fingerprint density at radius 2 is 2.33 bits per heavy atom. The Kier molecular flexibility index (Phi) is 6.14. The summed E-state index contributed by atoms with van der Waals surface area (Å²) >= 11 is 2.78. The molecule has 1 aliphatic carbocycles. The van der Waals surface area contributed by atoms with Gasteiger partial charge in [0.05, 0.1) is 11.1 Å². The molecular formula is C19H19N3O3S2. The molecule has 0 saturated heterocycles. The fourth-order valence-electron chi connectivity index (χ4n) is 3.04. The van der Waals surface area contributed by atoms with Crippen LogP contribution < -0.4 is 5.32 Å². The van der Waals surface area contributed by atoms with Crippen LogP contribution in [-0.4, -0.2) is 29.7 Å². The summed E-state index contributed by atoms with van der Waals surface area (Å²) in [5.74, 6) is -0.471. The Labute approximate surface area is 165 Å². The Morgan fingerprint density at radius 1 is 1.52 bits per heavy atom. The average molecular weight is 402 g/mol. The van der Waals surface area contributed by atoms with Crippen molar-refractivity contribution in [2.24, 2.45) is 5.92 Å². The highest BCUT2D eigenvalue weighted by Crippen LogP contribution is 2.39. The van der Waals surface area contributed by atoms with Crippen molar-refractivity contribution < 1.29 is 14.3 Å². The van der Waals surface area contributed by atoms with E-state index in [4.69, 9.17) is 4.74 Å². The summed E-state index contributed by atoms with van der Waals surface area (Å²) in [6.45, 7) is 1.78. The number of rotatable bonds is 5. The number of ether oxygens (including phenoxy) is 1. The van der Waals surface area contributed by atoms with Crippen molar-refractivity contribution in [3.05, 3.63) is 39.9 Å². The quantitative estimate of drug-likeness (QED) is 0.607. The van der Waals surface area contributed by atoms with Crippen molar-refractivity contribution in [1.29, 1.82) is 5.26 Å². The first-order valence-electron chi connectivity index (χ1n) is 8.54. The van der Waals surface area contributed by atoms with Crippen LogP contribution in [0.1, 0.15) is 39.7 Å². The Balaban J connectivity index is 1.65. The number of fused-ring (bicyclic) bond motifs is 1. The van der Waals surface area contributed by atoms with Crippen LogP contribution in [0.5, 0.6) is 0 Å². The smallest absolute Gasteiger partial charge is 0.341 e. The summed E-state index contributed by atoms with van der Waals surface area (Å²) in [5, 5.41) is 13.3. The summed E-state index contributed by atoms with van der Waals surface area (Å²) in [6, 6.07) is 5.46. The van der Waals surface area contributed by atoms with E-state index in [-0.39, 0.29) is 0 Å². The highest BCUT2D eigenvalue weighted by Gasteiger charge is 2.25. The van der Waals surface area contributed by atoms with E-state index in [1.807, 2.05) is 6.26 Å². The Bertz CT molecular complexity index is 917. The largest absolute Gasteiger partial charge is 0.452 e. The van der Waals surface area contributed by atoms with Crippen molar-refractivity contribution in [2.75, 3.05) is 18.2 Å². The number of hydrogen-bond donors (Lipinski definition) is 1. The van der Waals surface area contributed by atoms with Gasteiger partial charge in [-0.05, 0) is 49.1 Å². The molecule has 140 valence electrons. The maximum absolute atomic E-state index is 12.2. The maximum atomic E-state index is 12.2. The molecule has 0 bridgehead atoms. The predicted molar refractivity (Wildman–Crippen MR) is 105 cm³/mol. The molecule has 1 N–H and O–H groups in total. The van der Waals surface area contributed by atoms with Gasteiger partial charge in [-0.3, -0.25) is 4.79 Å². The van der Waals surface area contributed by atoms with Crippen molar-refractivity contribution in [3.8, 4) is 6.07 Å². The molecule has 2 aromatic rings. The van der Waals surface area contributed by atoms with Gasteiger partial charge in [-0.2, -0.15) is 5.26 Å². The Hall–Kier alpha value is -2.37. The second-order valence-electron chi connectivity index (χ2n) is 6.35. The van der Waals surface area contributed by atoms with Crippen LogP contribution in [0.25, 0.3) is 0 Å². The van der Waals surface area contributed by atoms with Crippen molar-refractivity contribution >= 4 is 40.0 Å². The molecule has 1 aliphatic rings. The molecule has 1 atom stereocenters. The van der Waals surface area contributed by atoms with Gasteiger partial charge in [-0.1, -0.05) is 6.92 Å². The van der Waals surface area contributed by atoms with Crippen LogP contribution in [0.2, 0.25) is 0 Å². The van der Waals surface area contributed by atoms with Crippen LogP contribution in [0, 0.1) is 17.2 Å². The van der Waals surface area contributed by atoms with Crippen molar-refractivity contribution in [3.63, 3.8) is 0 Å². The molecule has 0 saturated carbocycles. The highest BCUT2D eigenvalue weighted by molar-refractivity contribution is 7.98. The minimum absolute atomic E-state index is 0.330. The number of nitriles is 1. The Morgan fingerprint density at radius 3 is 3.07 bits per heavy atom. The predicted octanol–water partition coefficient (Wildman–Crippen LogP) is 3.66. The lowest BCUT2D eigenvalue weighted by atomic mass is 9.89. The topological polar surface area (TPSA) is 92.1 Å². The molecule has 0 radical (unpaired) electrons. The number of carbonyl (C=O) groups excluding carboxylic acids is 2. The lowest BCUT2D eigenvalue weighted by Crippen LogP contribution is -2.21. The minimum Gasteiger partial charge on any atom is -0.452 e. The van der Waals surface area contributed by atoms with E-state index in [2.05, 4.69) is 23.3 Å². The molecule has 8 heteroatoms. The summed E-state index contributed by atoms with van der Waals surface area (Å²) in [7, 11) is 0. The van der Waals surface area contributed by atoms with Gasteiger partial charge in [-0.25, -0.2) is 9.78 Å². The van der Waals surface area contributed by atoms with Gasteiger partial charge in [0.1, 0.15) is 16.1 Å². The number of thioether (sulfide) groups is 1. The number of amides is 1. The van der Waals surface area contributed by atoms with E-state index >= 15 is 0 Å². The fourth-order valence-corrected chi connectivity index (χ4v) is 4.95. The second kappa shape index (κ2) is 8.55. The third-order valence-corrected chi connectivity index (χ3v) is 6.28. The van der Waals surface area contributed by atoms with Crippen LogP contribution in [0.4, 0.5) is 5.00 Å². The molecular weight excluding hydrogens is 382 g/mol. The fraction of sp³-hybridized carbons (Fsp3) is 0.368. The molecule has 2 heterocycles. The molecule has 27 heavy (non-hydrogen) atoms. The maximum Gasteiger partial charge on any atom is 0.341 e. The van der Waals surface area contributed by atoms with Gasteiger partial charge in [0, 0.05) is 11.1 Å². The molecule has 0 fully saturated rings. The molecule has 0 spiro atoms. The van der Waals surface area contributed by atoms with Gasteiger partial charge in [0.15, 0.2) is 6.61 Å². The molecule has 0 aliphatic heterocycles. The lowest BCUT2D eigenvalue weighted by molar-refractivity contribution is -0.119. The second-order valence-corrected chi connectivity index (χ2v) is 8.25. The van der Waals surface area contributed by atoms with Crippen LogP contribution >= 0.6 is 23.1 Å². The third kappa shape index (κ3) is 4.31. The lowest BCUT2D eigenvalue weighted by Gasteiger charge is -2.17. The first-order valence-corrected chi connectivity index (χ1v) is 10.6. The zero-order valence-corrected chi connectivity index (χ0v) is 16.7. The number of pyridine rings is 1. The monoisotopic (exact) mass is 401 g/mol. The van der Waals surface area contributed by atoms with Gasteiger partial charge < -0.3 is 10.1 Å². The molecule has 0 aromatic carbocycles. The first kappa shape index (κ1) is 19.4. The summed E-state index contributed by atoms with van der Waals surface area (Å²) in [4.78, 5) is 29.7. The SMILES string of the molecule is CSc1ncccc1C(=O)OCC(=O)Nc1sc2c(c1C#N)CC[C@H](C)C2. The number of hydrogen-bond acceptors (Lipinski definition) is 7. The molecule has 3 rings (SSSR count). The van der Waals surface area contributed by atoms with Gasteiger partial charge in [-0.15, -0.1) is 23.1 Å². The summed E-state index contributed by atoms with van der Waals surface area (Å²) in [6.07, 6.45) is 6.25. The van der Waals surface area contributed by atoms with Crippen LogP contribution in [-0.2, 0) is 22.4 Å². The van der Waals surface area contributed by atoms with Crippen molar-refractivity contribution in [1.82, 2.24) is 4.98 Å². The van der Waals surface area contributed by atoms with E-state index in [9.17, 15) is 14.9 Å². The normalized spacial score (nSPS) is 15.5. The van der Waals surface area contributed by atoms with E-state index in [0.29, 0.717) is 27.1 Å². The molecule has 2 aromatic heterocycles. The van der Waals surface area contributed by atoms with Crippen LogP contribution in [0.3, 0.4) is 0 Å². The van der Waals surface area contributed by atoms with E-state index in [1.165, 1.54) is 23.1 Å². The standard InChI is InChI=1S/C19H19N3O3S2/c1-11-5-6-12-14(9-20)18(27-15(12)8-11)22-16(23)10-25-19(24)13-4-3-7-21-17(13)26-2/h3-4,7,11H,5-6,8,10H2,1-2H3,(H,22,23)/t11-/m0/s1. The third-order valence-electron chi connectivity index (χ3n) is 4.40. The number of esters is 1. The van der Waals surface area contributed by atoms with Gasteiger partial charge in [0.2, 0.25) is 0 Å². The molecule has 1 amide bonds. The van der Waals surface area contributed by atoms with Gasteiger partial charge >= 0.3 is 5.97 Å². The first-order chi connectivity index (χ1) is 13.0. The number of aromatic nitrogens is 1. The number of thiophene rings is 1.